The lowest BCUT2D eigenvalue weighted by molar-refractivity contribution is -0.141. The highest BCUT2D eigenvalue weighted by atomic mass is 16.5. The molecule has 18 heavy (non-hydrogen) atoms. The van der Waals surface area contributed by atoms with E-state index in [-0.39, 0.29) is 5.78 Å². The van der Waals surface area contributed by atoms with E-state index >= 15 is 0 Å². The minimum Gasteiger partial charge on any atom is -0.370 e. The third kappa shape index (κ3) is 2.99. The molecule has 0 unspecified atom stereocenters. The summed E-state index contributed by atoms with van der Waals surface area (Å²) in [5, 5.41) is 0. The van der Waals surface area contributed by atoms with Gasteiger partial charge < -0.3 is 4.74 Å². The molecule has 1 rings (SSSR count). The number of ether oxygens (including phenoxy) is 1. The summed E-state index contributed by atoms with van der Waals surface area (Å²) in [4.78, 5) is 12.5. The average molecular weight is 248 g/mol. The van der Waals surface area contributed by atoms with Crippen LogP contribution in [0.4, 0.5) is 0 Å². The Hall–Kier alpha value is -1.15. The largest absolute Gasteiger partial charge is 0.370 e. The van der Waals surface area contributed by atoms with Crippen LogP contribution in [0.1, 0.15) is 43.4 Å². The zero-order valence-electron chi connectivity index (χ0n) is 12.2. The summed E-state index contributed by atoms with van der Waals surface area (Å²) < 4.78 is 5.49. The zero-order chi connectivity index (χ0) is 13.8. The van der Waals surface area contributed by atoms with Crippen molar-refractivity contribution in [1.29, 1.82) is 0 Å². The molecule has 0 heterocycles. The number of hydrogen-bond donors (Lipinski definition) is 0. The minimum absolute atomic E-state index is 0.184. The summed E-state index contributed by atoms with van der Waals surface area (Å²) in [6.07, 6.45) is 1.91. The Balaban J connectivity index is 2.96. The summed E-state index contributed by atoms with van der Waals surface area (Å²) in [6, 6.07) is 6.25. The third-order valence-electron chi connectivity index (χ3n) is 3.90. The lowest BCUT2D eigenvalue weighted by Crippen LogP contribution is -2.40. The molecule has 0 aliphatic heterocycles. The first-order valence-corrected chi connectivity index (χ1v) is 6.63. The molecule has 100 valence electrons. The SMILES string of the molecule is CCC(CC)(OC)C(=O)Cc1cc(C)ccc1C. The van der Waals surface area contributed by atoms with Crippen molar-refractivity contribution in [2.24, 2.45) is 0 Å². The minimum atomic E-state index is -0.615. The Labute approximate surface area is 110 Å². The van der Waals surface area contributed by atoms with Crippen molar-refractivity contribution >= 4 is 5.78 Å². The first kappa shape index (κ1) is 14.9. The Morgan fingerprint density at radius 3 is 2.33 bits per heavy atom. The Kier molecular flexibility index (Phi) is 5.09. The predicted octanol–water partition coefficient (Wildman–Crippen LogP) is 3.62. The van der Waals surface area contributed by atoms with E-state index < -0.39 is 5.60 Å². The van der Waals surface area contributed by atoms with Crippen molar-refractivity contribution in [1.82, 2.24) is 0 Å². The number of hydrogen-bond acceptors (Lipinski definition) is 2. The van der Waals surface area contributed by atoms with Crippen LogP contribution < -0.4 is 0 Å². The molecule has 0 saturated heterocycles. The highest BCUT2D eigenvalue weighted by Crippen LogP contribution is 2.24. The van der Waals surface area contributed by atoms with Gasteiger partial charge in [-0.25, -0.2) is 0 Å². The molecule has 0 N–H and O–H groups in total. The number of aryl methyl sites for hydroxylation is 2. The van der Waals surface area contributed by atoms with Gasteiger partial charge in [0.25, 0.3) is 0 Å². The molecule has 0 amide bonds. The fraction of sp³-hybridized carbons (Fsp3) is 0.562. The highest BCUT2D eigenvalue weighted by Gasteiger charge is 2.34. The number of Topliss-reactive ketones (excluding diaryl/α,β-unsaturated/α-hetero) is 1. The fourth-order valence-corrected chi connectivity index (χ4v) is 2.37. The molecule has 0 spiro atoms. The smallest absolute Gasteiger partial charge is 0.168 e. The number of carbonyl (C=O) groups excluding carboxylic acids is 1. The van der Waals surface area contributed by atoms with Gasteiger partial charge in [0.05, 0.1) is 0 Å². The number of benzene rings is 1. The number of carbonyl (C=O) groups is 1. The molecule has 0 aliphatic rings. The van der Waals surface area contributed by atoms with Crippen molar-refractivity contribution in [3.8, 4) is 0 Å². The summed E-state index contributed by atoms with van der Waals surface area (Å²) in [5.74, 6) is 0.184. The van der Waals surface area contributed by atoms with Gasteiger partial charge in [0.15, 0.2) is 5.78 Å². The van der Waals surface area contributed by atoms with Gasteiger partial charge in [0.2, 0.25) is 0 Å². The van der Waals surface area contributed by atoms with Crippen LogP contribution >= 0.6 is 0 Å². The van der Waals surface area contributed by atoms with Gasteiger partial charge in [-0.3, -0.25) is 4.79 Å². The van der Waals surface area contributed by atoms with Crippen molar-refractivity contribution < 1.29 is 9.53 Å². The topological polar surface area (TPSA) is 26.3 Å². The van der Waals surface area contributed by atoms with Gasteiger partial charge in [-0.1, -0.05) is 37.6 Å². The Morgan fingerprint density at radius 2 is 1.83 bits per heavy atom. The molecule has 0 fully saturated rings. The first-order chi connectivity index (χ1) is 8.49. The van der Waals surface area contributed by atoms with Gasteiger partial charge >= 0.3 is 0 Å². The second kappa shape index (κ2) is 6.14. The predicted molar refractivity (Wildman–Crippen MR) is 74.9 cm³/mol. The van der Waals surface area contributed by atoms with Gasteiger partial charge in [-0.05, 0) is 37.8 Å². The van der Waals surface area contributed by atoms with Crippen LogP contribution in [0.25, 0.3) is 0 Å². The lowest BCUT2D eigenvalue weighted by atomic mass is 9.87. The molecular weight excluding hydrogens is 224 g/mol. The van der Waals surface area contributed by atoms with E-state index in [0.717, 1.165) is 18.4 Å². The van der Waals surface area contributed by atoms with Crippen LogP contribution in [0.5, 0.6) is 0 Å². The highest BCUT2D eigenvalue weighted by molar-refractivity contribution is 5.89. The van der Waals surface area contributed by atoms with E-state index in [0.29, 0.717) is 6.42 Å². The van der Waals surface area contributed by atoms with E-state index in [2.05, 4.69) is 32.0 Å². The van der Waals surface area contributed by atoms with Gasteiger partial charge in [-0.15, -0.1) is 0 Å². The molecule has 0 atom stereocenters. The maximum atomic E-state index is 12.5. The lowest BCUT2D eigenvalue weighted by Gasteiger charge is -2.28. The van der Waals surface area contributed by atoms with E-state index in [1.807, 2.05) is 13.8 Å². The molecule has 0 aliphatic carbocycles. The monoisotopic (exact) mass is 248 g/mol. The molecule has 0 bridgehead atoms. The van der Waals surface area contributed by atoms with Crippen LogP contribution in [0.2, 0.25) is 0 Å². The van der Waals surface area contributed by atoms with E-state index in [9.17, 15) is 4.79 Å². The van der Waals surface area contributed by atoms with Gasteiger partial charge in [0, 0.05) is 13.5 Å². The molecule has 0 radical (unpaired) electrons. The Bertz CT molecular complexity index is 409. The van der Waals surface area contributed by atoms with Crippen molar-refractivity contribution in [3.05, 3.63) is 34.9 Å². The number of ketones is 1. The summed E-state index contributed by atoms with van der Waals surface area (Å²) >= 11 is 0. The summed E-state index contributed by atoms with van der Waals surface area (Å²) in [5.41, 5.74) is 2.87. The molecular formula is C16H24O2. The Morgan fingerprint density at radius 1 is 1.22 bits per heavy atom. The maximum Gasteiger partial charge on any atom is 0.168 e. The summed E-state index contributed by atoms with van der Waals surface area (Å²) in [6.45, 7) is 8.12. The molecule has 0 saturated carbocycles. The quantitative estimate of drug-likeness (QED) is 0.768. The molecule has 0 aromatic heterocycles. The average Bonchev–Trinajstić information content (AvgIpc) is 2.37. The summed E-state index contributed by atoms with van der Waals surface area (Å²) in [7, 11) is 1.63. The third-order valence-corrected chi connectivity index (χ3v) is 3.90. The van der Waals surface area contributed by atoms with Crippen molar-refractivity contribution in [3.63, 3.8) is 0 Å². The maximum absolute atomic E-state index is 12.5. The first-order valence-electron chi connectivity index (χ1n) is 6.63. The molecule has 2 nitrogen and oxygen atoms in total. The standard InChI is InChI=1S/C16H24O2/c1-6-16(7-2,18-5)15(17)11-14-10-12(3)8-9-13(14)4/h8-10H,6-7,11H2,1-5H3. The van der Waals surface area contributed by atoms with Crippen LogP contribution in [0, 0.1) is 13.8 Å². The van der Waals surface area contributed by atoms with E-state index in [1.165, 1.54) is 11.1 Å². The number of methoxy groups -OCH3 is 1. The zero-order valence-corrected chi connectivity index (χ0v) is 12.2. The molecule has 1 aromatic rings. The van der Waals surface area contributed by atoms with Crippen molar-refractivity contribution in [2.45, 2.75) is 52.6 Å². The second-order valence-electron chi connectivity index (χ2n) is 4.94. The molecule has 2 heteroatoms. The number of rotatable bonds is 6. The normalized spacial score (nSPS) is 11.6. The van der Waals surface area contributed by atoms with E-state index in [1.54, 1.807) is 7.11 Å². The fourth-order valence-electron chi connectivity index (χ4n) is 2.37. The molecule has 1 aromatic carbocycles. The van der Waals surface area contributed by atoms with Gasteiger partial charge in [-0.2, -0.15) is 0 Å². The van der Waals surface area contributed by atoms with Crippen LogP contribution in [-0.2, 0) is 16.0 Å². The van der Waals surface area contributed by atoms with Crippen molar-refractivity contribution in [2.75, 3.05) is 7.11 Å². The van der Waals surface area contributed by atoms with E-state index in [4.69, 9.17) is 4.74 Å². The van der Waals surface area contributed by atoms with Crippen LogP contribution in [0.15, 0.2) is 18.2 Å². The van der Waals surface area contributed by atoms with Crippen LogP contribution in [-0.4, -0.2) is 18.5 Å². The van der Waals surface area contributed by atoms with Gasteiger partial charge in [0.1, 0.15) is 5.60 Å². The second-order valence-corrected chi connectivity index (χ2v) is 4.94. The van der Waals surface area contributed by atoms with Crippen LogP contribution in [0.3, 0.4) is 0 Å².